The highest BCUT2D eigenvalue weighted by Crippen LogP contribution is 2.15. The van der Waals surface area contributed by atoms with Crippen molar-refractivity contribution in [2.45, 2.75) is 33.6 Å². The molecular formula is C18H29N3O2. The van der Waals surface area contributed by atoms with Crippen molar-refractivity contribution in [3.8, 4) is 0 Å². The largest absolute Gasteiger partial charge is 0.378 e. The Morgan fingerprint density at radius 2 is 1.70 bits per heavy atom. The quantitative estimate of drug-likeness (QED) is 0.801. The molecule has 128 valence electrons. The maximum atomic E-state index is 12.0. The lowest BCUT2D eigenvalue weighted by Crippen LogP contribution is -2.33. The Morgan fingerprint density at radius 1 is 1.09 bits per heavy atom. The SMILES string of the molecule is CC(=O)N(CCC(=O)Nc1ccc(N(C)C)cc1)CCC(C)C. The number of carbonyl (C=O) groups excluding carboxylic acids is 2. The highest BCUT2D eigenvalue weighted by atomic mass is 16.2. The standard InChI is InChI=1S/C18H29N3O2/c1-14(2)10-12-21(15(3)22)13-11-18(23)19-16-6-8-17(9-7-16)20(4)5/h6-9,14H,10-13H2,1-5H3,(H,19,23). The molecule has 23 heavy (non-hydrogen) atoms. The van der Waals surface area contributed by atoms with Crippen molar-refractivity contribution >= 4 is 23.2 Å². The van der Waals surface area contributed by atoms with E-state index in [2.05, 4.69) is 19.2 Å². The van der Waals surface area contributed by atoms with E-state index in [9.17, 15) is 9.59 Å². The highest BCUT2D eigenvalue weighted by Gasteiger charge is 2.12. The van der Waals surface area contributed by atoms with Crippen molar-refractivity contribution in [3.05, 3.63) is 24.3 Å². The lowest BCUT2D eigenvalue weighted by molar-refractivity contribution is -0.129. The summed E-state index contributed by atoms with van der Waals surface area (Å²) in [6.45, 7) is 6.98. The Kier molecular flexibility index (Phi) is 7.59. The molecule has 5 nitrogen and oxygen atoms in total. The molecule has 5 heteroatoms. The molecule has 0 aliphatic carbocycles. The van der Waals surface area contributed by atoms with Gasteiger partial charge in [0.25, 0.3) is 0 Å². The van der Waals surface area contributed by atoms with Crippen LogP contribution < -0.4 is 10.2 Å². The first-order valence-electron chi connectivity index (χ1n) is 8.12. The van der Waals surface area contributed by atoms with Crippen molar-refractivity contribution in [1.82, 2.24) is 4.90 Å². The molecule has 2 amide bonds. The maximum absolute atomic E-state index is 12.0. The van der Waals surface area contributed by atoms with Gasteiger partial charge >= 0.3 is 0 Å². The van der Waals surface area contributed by atoms with Gasteiger partial charge in [-0.2, -0.15) is 0 Å². The molecule has 1 rings (SSSR count). The Balaban J connectivity index is 2.47. The molecule has 0 heterocycles. The minimum absolute atomic E-state index is 0.0220. The number of anilines is 2. The third-order valence-electron chi connectivity index (χ3n) is 3.70. The summed E-state index contributed by atoms with van der Waals surface area (Å²) >= 11 is 0. The van der Waals surface area contributed by atoms with Crippen LogP contribution in [0.2, 0.25) is 0 Å². The van der Waals surface area contributed by atoms with Gasteiger partial charge in [-0.25, -0.2) is 0 Å². The van der Waals surface area contributed by atoms with E-state index in [1.54, 1.807) is 11.8 Å². The summed E-state index contributed by atoms with van der Waals surface area (Å²) in [4.78, 5) is 27.4. The molecule has 1 aromatic rings. The molecule has 0 aliphatic heterocycles. The summed E-state index contributed by atoms with van der Waals surface area (Å²) < 4.78 is 0. The molecule has 0 fully saturated rings. The van der Waals surface area contributed by atoms with Crippen LogP contribution in [0.4, 0.5) is 11.4 Å². The minimum atomic E-state index is -0.0709. The van der Waals surface area contributed by atoms with Crippen LogP contribution in [0.5, 0.6) is 0 Å². The number of hydrogen-bond donors (Lipinski definition) is 1. The number of carbonyl (C=O) groups is 2. The predicted molar refractivity (Wildman–Crippen MR) is 95.7 cm³/mol. The van der Waals surface area contributed by atoms with Crippen molar-refractivity contribution in [1.29, 1.82) is 0 Å². The zero-order valence-electron chi connectivity index (χ0n) is 14.9. The van der Waals surface area contributed by atoms with Crippen LogP contribution in [0.15, 0.2) is 24.3 Å². The van der Waals surface area contributed by atoms with Gasteiger partial charge in [0.05, 0.1) is 0 Å². The number of nitrogens with one attached hydrogen (secondary N) is 1. The van der Waals surface area contributed by atoms with Gasteiger partial charge in [0, 0.05) is 51.9 Å². The fourth-order valence-corrected chi connectivity index (χ4v) is 2.14. The number of benzene rings is 1. The number of amides is 2. The maximum Gasteiger partial charge on any atom is 0.226 e. The van der Waals surface area contributed by atoms with Crippen LogP contribution in [0.25, 0.3) is 0 Å². The lowest BCUT2D eigenvalue weighted by atomic mass is 10.1. The molecule has 0 radical (unpaired) electrons. The van der Waals surface area contributed by atoms with E-state index in [4.69, 9.17) is 0 Å². The van der Waals surface area contributed by atoms with Gasteiger partial charge in [-0.1, -0.05) is 13.8 Å². The Hall–Kier alpha value is -2.04. The fraction of sp³-hybridized carbons (Fsp3) is 0.556. The normalized spacial score (nSPS) is 10.5. The second-order valence-corrected chi connectivity index (χ2v) is 6.43. The molecule has 0 saturated carbocycles. The first kappa shape index (κ1) is 19.0. The van der Waals surface area contributed by atoms with Crippen molar-refractivity contribution in [2.75, 3.05) is 37.4 Å². The van der Waals surface area contributed by atoms with Crippen molar-refractivity contribution < 1.29 is 9.59 Å². The lowest BCUT2D eigenvalue weighted by Gasteiger charge is -2.21. The van der Waals surface area contributed by atoms with E-state index in [0.717, 1.165) is 17.8 Å². The molecule has 0 aromatic heterocycles. The van der Waals surface area contributed by atoms with Crippen LogP contribution in [0.1, 0.15) is 33.6 Å². The highest BCUT2D eigenvalue weighted by molar-refractivity contribution is 5.91. The Labute approximate surface area is 139 Å². The summed E-state index contributed by atoms with van der Waals surface area (Å²) in [5.41, 5.74) is 1.86. The van der Waals surface area contributed by atoms with Gasteiger partial charge in [0.2, 0.25) is 11.8 Å². The Morgan fingerprint density at radius 3 is 2.17 bits per heavy atom. The monoisotopic (exact) mass is 319 g/mol. The van der Waals surface area contributed by atoms with Crippen LogP contribution in [-0.4, -0.2) is 43.9 Å². The number of nitrogens with zero attached hydrogens (tertiary/aromatic N) is 2. The predicted octanol–water partition coefficient (Wildman–Crippen LogP) is 2.98. The molecule has 1 aromatic carbocycles. The molecule has 0 atom stereocenters. The van der Waals surface area contributed by atoms with Gasteiger partial charge in [-0.3, -0.25) is 9.59 Å². The van der Waals surface area contributed by atoms with E-state index in [1.165, 1.54) is 0 Å². The van der Waals surface area contributed by atoms with Crippen molar-refractivity contribution in [3.63, 3.8) is 0 Å². The average molecular weight is 319 g/mol. The van der Waals surface area contributed by atoms with Crippen LogP contribution in [0.3, 0.4) is 0 Å². The summed E-state index contributed by atoms with van der Waals surface area (Å²) in [5, 5.41) is 2.87. The molecule has 0 unspecified atom stereocenters. The molecule has 0 bridgehead atoms. The van der Waals surface area contributed by atoms with Crippen molar-refractivity contribution in [2.24, 2.45) is 5.92 Å². The number of rotatable bonds is 8. The number of hydrogen-bond acceptors (Lipinski definition) is 3. The fourth-order valence-electron chi connectivity index (χ4n) is 2.14. The smallest absolute Gasteiger partial charge is 0.226 e. The topological polar surface area (TPSA) is 52.7 Å². The average Bonchev–Trinajstić information content (AvgIpc) is 2.47. The third kappa shape index (κ3) is 7.17. The third-order valence-corrected chi connectivity index (χ3v) is 3.70. The second-order valence-electron chi connectivity index (χ2n) is 6.43. The summed E-state index contributed by atoms with van der Waals surface area (Å²) in [7, 11) is 3.95. The zero-order chi connectivity index (χ0) is 17.4. The van der Waals surface area contributed by atoms with E-state index in [1.807, 2.05) is 43.3 Å². The van der Waals surface area contributed by atoms with E-state index >= 15 is 0 Å². The summed E-state index contributed by atoms with van der Waals surface area (Å²) in [5.74, 6) is 0.494. The molecule has 0 saturated heterocycles. The first-order chi connectivity index (χ1) is 10.8. The summed E-state index contributed by atoms with van der Waals surface area (Å²) in [6.07, 6.45) is 1.26. The van der Waals surface area contributed by atoms with Gasteiger partial charge in [-0.15, -0.1) is 0 Å². The van der Waals surface area contributed by atoms with E-state index in [-0.39, 0.29) is 11.8 Å². The molecular weight excluding hydrogens is 290 g/mol. The minimum Gasteiger partial charge on any atom is -0.378 e. The zero-order valence-corrected chi connectivity index (χ0v) is 14.9. The Bertz CT molecular complexity index is 510. The second kappa shape index (κ2) is 9.18. The molecule has 0 spiro atoms. The van der Waals surface area contributed by atoms with Gasteiger partial charge in [0.1, 0.15) is 0 Å². The van der Waals surface area contributed by atoms with E-state index in [0.29, 0.717) is 25.4 Å². The molecule has 1 N–H and O–H groups in total. The van der Waals surface area contributed by atoms with Crippen LogP contribution in [0, 0.1) is 5.92 Å². The summed E-state index contributed by atoms with van der Waals surface area (Å²) in [6, 6.07) is 7.68. The van der Waals surface area contributed by atoms with E-state index < -0.39 is 0 Å². The van der Waals surface area contributed by atoms with Crippen LogP contribution in [-0.2, 0) is 9.59 Å². The van der Waals surface area contributed by atoms with Gasteiger partial charge < -0.3 is 15.1 Å². The van der Waals surface area contributed by atoms with Crippen LogP contribution >= 0.6 is 0 Å². The van der Waals surface area contributed by atoms with Gasteiger partial charge in [-0.05, 0) is 36.6 Å². The van der Waals surface area contributed by atoms with Gasteiger partial charge in [0.15, 0.2) is 0 Å². The first-order valence-corrected chi connectivity index (χ1v) is 8.12. The molecule has 0 aliphatic rings.